The first-order valence-corrected chi connectivity index (χ1v) is 23.8. The standard InChI is InChI=1S/C9H28O20Si8/c1-11-30(9)19-32(13-3)23-34(15-5)21-31(10,12-2)22-35(16-6)24-33(14-4,20-30)26-36(17-7,25-32)29-37(18-8,27-34)28-35/h10H,1-9H3/t30-,31?,32-,33?,34?,35+,36?,37+/m0/s1. The van der Waals surface area contributed by atoms with E-state index in [9.17, 15) is 4.80 Å². The molecule has 4 saturated heterocycles. The molecule has 4 heterocycles. The molecule has 37 heavy (non-hydrogen) atoms. The molecule has 0 spiro atoms. The average molecular weight is 681 g/mol. The lowest BCUT2D eigenvalue weighted by atomic mass is 11.8. The Labute approximate surface area is 220 Å². The number of hydrogen-bond donors (Lipinski definition) is 1. The normalized spacial score (nSPS) is 52.1. The lowest BCUT2D eigenvalue weighted by Crippen LogP contribution is -2.87. The summed E-state index contributed by atoms with van der Waals surface area (Å²) < 4.78 is 111. The lowest BCUT2D eigenvalue weighted by molar-refractivity contribution is -0.130. The highest BCUT2D eigenvalue weighted by atomic mass is 28.6. The van der Waals surface area contributed by atoms with Crippen LogP contribution in [0.2, 0.25) is 6.55 Å². The van der Waals surface area contributed by atoms with Crippen molar-refractivity contribution in [2.75, 3.05) is 56.9 Å². The highest BCUT2D eigenvalue weighted by Crippen LogP contribution is 2.45. The summed E-state index contributed by atoms with van der Waals surface area (Å²) in [6.07, 6.45) is 0. The van der Waals surface area contributed by atoms with E-state index < -0.39 is 72.1 Å². The number of rotatable bonds is 8. The van der Waals surface area contributed by atoms with Gasteiger partial charge in [0, 0.05) is 63.4 Å². The van der Waals surface area contributed by atoms with Crippen LogP contribution >= 0.6 is 0 Å². The Kier molecular flexibility index (Phi) is 8.63. The first-order chi connectivity index (χ1) is 17.3. The number of fused-ring (bicyclic) bond motifs is 4. The van der Waals surface area contributed by atoms with E-state index >= 15 is 0 Å². The molecule has 1 N–H and O–H groups in total. The van der Waals surface area contributed by atoms with Crippen LogP contribution in [0.5, 0.6) is 0 Å². The van der Waals surface area contributed by atoms with Crippen LogP contribution in [0, 0.1) is 0 Å². The molecule has 0 aromatic carbocycles. The van der Waals surface area contributed by atoms with E-state index in [1.54, 1.807) is 0 Å². The van der Waals surface area contributed by atoms with Crippen molar-refractivity contribution >= 4 is 72.1 Å². The molecule has 6 bridgehead atoms. The van der Waals surface area contributed by atoms with E-state index in [1.165, 1.54) is 42.1 Å². The molecule has 28 heteroatoms. The van der Waals surface area contributed by atoms with Gasteiger partial charge in [-0.3, -0.25) is 0 Å². The molecular formula is C9H28O20Si8. The van der Waals surface area contributed by atoms with Crippen LogP contribution in [0.25, 0.3) is 0 Å². The third-order valence-electron chi connectivity index (χ3n) is 5.01. The van der Waals surface area contributed by atoms with Crippen LogP contribution in [0.4, 0.5) is 0 Å². The fraction of sp³-hybridized carbons (Fsp3) is 1.00. The molecule has 0 aromatic heterocycles. The Hall–Kier alpha value is 0.935. The van der Waals surface area contributed by atoms with Gasteiger partial charge in [-0.25, -0.2) is 0 Å². The molecule has 4 aliphatic heterocycles. The van der Waals surface area contributed by atoms with Gasteiger partial charge >= 0.3 is 72.1 Å². The molecule has 8 atom stereocenters. The van der Waals surface area contributed by atoms with Gasteiger partial charge in [-0.1, -0.05) is 0 Å². The first-order valence-electron chi connectivity index (χ1n) is 10.1. The second kappa shape index (κ2) is 10.3. The van der Waals surface area contributed by atoms with E-state index in [4.69, 9.17) is 80.7 Å². The van der Waals surface area contributed by atoms with E-state index in [-0.39, 0.29) is 0 Å². The van der Waals surface area contributed by atoms with Crippen LogP contribution in [-0.2, 0) is 80.7 Å². The SMILES string of the molecule is CO[Si]1(O)O[Si]2(OC)O[Si@@]3(OC)O[Si]4(OC)O[Si](OC)(O[Si@@](C)(OC)O3)O[Si@@](OC)(O1)O[Si@@](OC)(O2)O4. The molecule has 4 aliphatic rings. The maximum atomic E-state index is 11.3. The van der Waals surface area contributed by atoms with Crippen LogP contribution in [0.1, 0.15) is 0 Å². The second-order valence-corrected chi connectivity index (χ2v) is 28.2. The van der Waals surface area contributed by atoms with Gasteiger partial charge in [0.25, 0.3) is 0 Å². The van der Waals surface area contributed by atoms with E-state index in [2.05, 4.69) is 0 Å². The third kappa shape index (κ3) is 5.45. The van der Waals surface area contributed by atoms with Gasteiger partial charge in [0.15, 0.2) is 0 Å². The van der Waals surface area contributed by atoms with Crippen LogP contribution in [0.15, 0.2) is 0 Å². The average Bonchev–Trinajstić information content (AvgIpc) is 2.84. The highest BCUT2D eigenvalue weighted by molar-refractivity contribution is 6.95. The van der Waals surface area contributed by atoms with Gasteiger partial charge in [0.2, 0.25) is 0 Å². The van der Waals surface area contributed by atoms with Crippen molar-refractivity contribution in [1.82, 2.24) is 0 Å². The molecule has 0 amide bonds. The molecular weight excluding hydrogens is 653 g/mol. The Bertz CT molecular complexity index is 738. The largest absolute Gasteiger partial charge is 0.665 e. The molecule has 0 radical (unpaired) electrons. The van der Waals surface area contributed by atoms with Crippen molar-refractivity contribution in [3.8, 4) is 0 Å². The van der Waals surface area contributed by atoms with E-state index in [0.717, 1.165) is 21.3 Å². The summed E-state index contributed by atoms with van der Waals surface area (Å²) in [5.74, 6) is 0. The molecule has 0 saturated carbocycles. The molecule has 4 fully saturated rings. The van der Waals surface area contributed by atoms with Crippen molar-refractivity contribution in [1.29, 1.82) is 0 Å². The van der Waals surface area contributed by atoms with Gasteiger partial charge in [-0.2, -0.15) is 0 Å². The Morgan fingerprint density at radius 1 is 0.351 bits per heavy atom. The lowest BCUT2D eigenvalue weighted by Gasteiger charge is -2.54. The van der Waals surface area contributed by atoms with Crippen molar-refractivity contribution < 1.29 is 85.5 Å². The fourth-order valence-electron chi connectivity index (χ4n) is 3.18. The van der Waals surface area contributed by atoms with E-state index in [0.29, 0.717) is 0 Å². The Morgan fingerprint density at radius 3 is 0.811 bits per heavy atom. The predicted molar refractivity (Wildman–Crippen MR) is 122 cm³/mol. The minimum absolute atomic E-state index is 1.08. The summed E-state index contributed by atoms with van der Waals surface area (Å²) in [4.78, 5) is 11.3. The minimum Gasteiger partial charge on any atom is -0.378 e. The monoisotopic (exact) mass is 680 g/mol. The second-order valence-electron chi connectivity index (χ2n) is 7.14. The van der Waals surface area contributed by atoms with E-state index in [1.807, 2.05) is 0 Å². The smallest absolute Gasteiger partial charge is 0.378 e. The predicted octanol–water partition coefficient (Wildman–Crippen LogP) is -3.00. The maximum absolute atomic E-state index is 11.3. The van der Waals surface area contributed by atoms with Gasteiger partial charge in [-0.15, -0.1) is 0 Å². The minimum atomic E-state index is -4.88. The van der Waals surface area contributed by atoms with Gasteiger partial charge in [0.1, 0.15) is 0 Å². The zero-order chi connectivity index (χ0) is 27.4. The summed E-state index contributed by atoms with van der Waals surface area (Å²) in [6, 6.07) is 0. The summed E-state index contributed by atoms with van der Waals surface area (Å²) in [7, 11) is -27.6. The highest BCUT2D eigenvalue weighted by Gasteiger charge is 2.86. The number of hydrogen-bond acceptors (Lipinski definition) is 20. The summed E-state index contributed by atoms with van der Waals surface area (Å²) in [5, 5.41) is 0. The Balaban J connectivity index is 2.08. The maximum Gasteiger partial charge on any atom is 0.665 e. The molecule has 4 unspecified atom stereocenters. The van der Waals surface area contributed by atoms with Crippen LogP contribution in [0.3, 0.4) is 0 Å². The zero-order valence-electron chi connectivity index (χ0n) is 21.2. The van der Waals surface area contributed by atoms with Gasteiger partial charge in [0.05, 0.1) is 0 Å². The summed E-state index contributed by atoms with van der Waals surface area (Å²) in [6.45, 7) is 1.45. The first kappa shape index (κ1) is 30.9. The molecule has 0 aliphatic carbocycles. The van der Waals surface area contributed by atoms with Gasteiger partial charge in [-0.05, 0) is 0 Å². The summed E-state index contributed by atoms with van der Waals surface area (Å²) >= 11 is 0. The van der Waals surface area contributed by atoms with Gasteiger partial charge < -0.3 is 85.5 Å². The van der Waals surface area contributed by atoms with Crippen molar-refractivity contribution in [2.45, 2.75) is 6.55 Å². The fourth-order valence-corrected chi connectivity index (χ4v) is 36.1. The quantitative estimate of drug-likeness (QED) is 0.255. The van der Waals surface area contributed by atoms with Crippen molar-refractivity contribution in [3.63, 3.8) is 0 Å². The molecule has 4 rings (SSSR count). The van der Waals surface area contributed by atoms with Crippen LogP contribution < -0.4 is 0 Å². The summed E-state index contributed by atoms with van der Waals surface area (Å²) in [5.41, 5.74) is 0. The Morgan fingerprint density at radius 2 is 0.595 bits per heavy atom. The molecule has 20 nitrogen and oxygen atoms in total. The molecule has 216 valence electrons. The third-order valence-corrected chi connectivity index (χ3v) is 32.3. The van der Waals surface area contributed by atoms with Crippen molar-refractivity contribution in [2.24, 2.45) is 0 Å². The molecule has 0 aromatic rings. The topological polar surface area (TPSA) is 196 Å². The van der Waals surface area contributed by atoms with Crippen LogP contribution in [-0.4, -0.2) is 134 Å². The van der Waals surface area contributed by atoms with Crippen molar-refractivity contribution in [3.05, 3.63) is 0 Å². The zero-order valence-corrected chi connectivity index (χ0v) is 29.2.